The van der Waals surface area contributed by atoms with Gasteiger partial charge in [-0.2, -0.15) is 4.57 Å². The van der Waals surface area contributed by atoms with Crippen molar-refractivity contribution in [1.29, 1.82) is 0 Å². The summed E-state index contributed by atoms with van der Waals surface area (Å²) >= 11 is 0. The van der Waals surface area contributed by atoms with Gasteiger partial charge in [-0.1, -0.05) is 23.2 Å². The normalized spacial score (nSPS) is 16.1. The van der Waals surface area contributed by atoms with Gasteiger partial charge in [0.05, 0.1) is 17.8 Å². The molecule has 0 saturated carbocycles. The molecule has 0 unspecified atom stereocenters. The van der Waals surface area contributed by atoms with E-state index in [4.69, 9.17) is 10.5 Å². The van der Waals surface area contributed by atoms with Gasteiger partial charge in [0.15, 0.2) is 0 Å². The number of aromatic nitrogens is 3. The molecule has 6 heteroatoms. The Balaban J connectivity index is 2.15. The van der Waals surface area contributed by atoms with Crippen molar-refractivity contribution < 1.29 is 9.72 Å². The first-order valence-electron chi connectivity index (χ1n) is 7.90. The summed E-state index contributed by atoms with van der Waals surface area (Å²) in [4.78, 5) is 20.5. The molecule has 0 aliphatic carbocycles. The quantitative estimate of drug-likeness (QED) is 0.738. The van der Waals surface area contributed by atoms with Gasteiger partial charge in [-0.15, -0.1) is 0 Å². The number of nitrogens with two attached hydrogens (primary N) is 1. The number of hydrogen-bond donors (Lipinski definition) is 1. The van der Waals surface area contributed by atoms with Crippen molar-refractivity contribution in [2.24, 2.45) is 0 Å². The smallest absolute Gasteiger partial charge is 0.317 e. The number of fused-ring (bicyclic) bond motifs is 3. The summed E-state index contributed by atoms with van der Waals surface area (Å²) < 4.78 is 7.51. The van der Waals surface area contributed by atoms with E-state index in [0.717, 1.165) is 16.6 Å². The Labute approximate surface area is 138 Å². The minimum absolute atomic E-state index is 0.0824. The number of ether oxygens (including phenoxy) is 1. The van der Waals surface area contributed by atoms with Gasteiger partial charge in [-0.05, 0) is 31.5 Å². The van der Waals surface area contributed by atoms with Crippen molar-refractivity contribution in [2.75, 3.05) is 5.73 Å². The fraction of sp³-hybridized carbons (Fsp3) is 0.278. The predicted octanol–water partition coefficient (Wildman–Crippen LogP) is 1.63. The molecular weight excluding hydrogens is 304 g/mol. The summed E-state index contributed by atoms with van der Waals surface area (Å²) in [7, 11) is 0. The second kappa shape index (κ2) is 5.14. The maximum absolute atomic E-state index is 13.2. The molecule has 24 heavy (non-hydrogen) atoms. The van der Waals surface area contributed by atoms with Crippen molar-refractivity contribution in [1.82, 2.24) is 9.55 Å². The van der Waals surface area contributed by atoms with Crippen molar-refractivity contribution >= 4 is 16.9 Å². The van der Waals surface area contributed by atoms with Gasteiger partial charge < -0.3 is 10.5 Å². The minimum atomic E-state index is -0.340. The number of benzene rings is 1. The molecule has 122 valence electrons. The van der Waals surface area contributed by atoms with Gasteiger partial charge in [0.2, 0.25) is 17.8 Å². The van der Waals surface area contributed by atoms with Crippen LogP contribution in [-0.2, 0) is 17.8 Å². The second-order valence-corrected chi connectivity index (χ2v) is 6.67. The molecule has 0 amide bonds. The first-order valence-corrected chi connectivity index (χ1v) is 7.90. The molecule has 0 bridgehead atoms. The van der Waals surface area contributed by atoms with Gasteiger partial charge in [-0.3, -0.25) is 4.79 Å². The molecule has 2 aromatic heterocycles. The monoisotopic (exact) mass is 323 g/mol. The van der Waals surface area contributed by atoms with Crippen LogP contribution < -0.4 is 16.3 Å². The van der Waals surface area contributed by atoms with Crippen LogP contribution in [0.15, 0.2) is 41.5 Å². The maximum atomic E-state index is 13.2. The lowest BCUT2D eigenvalue weighted by Gasteiger charge is -2.31. The number of para-hydroxylation sites is 1. The lowest BCUT2D eigenvalue weighted by molar-refractivity contribution is -0.353. The van der Waals surface area contributed by atoms with E-state index in [0.29, 0.717) is 23.4 Å². The Morgan fingerprint density at radius 1 is 1.25 bits per heavy atom. The molecule has 6 nitrogen and oxygen atoms in total. The number of rotatable bonds is 1. The highest BCUT2D eigenvalue weighted by Crippen LogP contribution is 2.32. The van der Waals surface area contributed by atoms with Crippen LogP contribution in [0.1, 0.15) is 25.0 Å². The zero-order valence-electron chi connectivity index (χ0n) is 13.7. The highest BCUT2D eigenvalue weighted by atomic mass is 16.5. The summed E-state index contributed by atoms with van der Waals surface area (Å²) in [6.07, 6.45) is 2.14. The number of aromatic amines is 1. The van der Waals surface area contributed by atoms with E-state index in [1.807, 2.05) is 44.2 Å². The summed E-state index contributed by atoms with van der Waals surface area (Å²) in [5, 5.41) is 0.798. The number of pyridine rings is 1. The topological polar surface area (TPSA) is 84.3 Å². The molecule has 0 fully saturated rings. The molecule has 1 aliphatic rings. The number of H-pyrrole nitrogens is 1. The third-order valence-corrected chi connectivity index (χ3v) is 4.47. The summed E-state index contributed by atoms with van der Waals surface area (Å²) in [5.74, 6) is 0.419. The summed E-state index contributed by atoms with van der Waals surface area (Å²) in [6, 6.07) is 9.51. The Kier molecular flexibility index (Phi) is 3.18. The molecule has 3 aromatic rings. The van der Waals surface area contributed by atoms with Crippen LogP contribution >= 0.6 is 0 Å². The van der Waals surface area contributed by atoms with Crippen molar-refractivity contribution in [3.8, 4) is 5.69 Å². The van der Waals surface area contributed by atoms with Crippen LogP contribution in [-0.4, -0.2) is 15.2 Å². The average Bonchev–Trinajstić information content (AvgIpc) is 2.55. The van der Waals surface area contributed by atoms with Crippen molar-refractivity contribution in [3.05, 3.63) is 58.1 Å². The number of nitrogens with one attached hydrogen (secondary N) is 1. The van der Waals surface area contributed by atoms with E-state index in [1.54, 1.807) is 4.57 Å². The van der Waals surface area contributed by atoms with Gasteiger partial charge >= 0.3 is 5.56 Å². The largest absolute Gasteiger partial charge is 0.370 e. The molecule has 1 aliphatic heterocycles. The van der Waals surface area contributed by atoms with E-state index in [9.17, 15) is 4.79 Å². The van der Waals surface area contributed by atoms with Gasteiger partial charge in [0.1, 0.15) is 11.1 Å². The van der Waals surface area contributed by atoms with Gasteiger partial charge in [-0.25, -0.2) is 4.98 Å². The van der Waals surface area contributed by atoms with Crippen LogP contribution in [0.4, 0.5) is 5.82 Å². The first-order chi connectivity index (χ1) is 11.5. The van der Waals surface area contributed by atoms with Crippen LogP contribution in [0.25, 0.3) is 16.7 Å². The van der Waals surface area contributed by atoms with Gasteiger partial charge in [0, 0.05) is 6.42 Å². The zero-order valence-corrected chi connectivity index (χ0v) is 13.7. The number of hydrogen-bond acceptors (Lipinski definition) is 4. The van der Waals surface area contributed by atoms with Crippen LogP contribution in [0.5, 0.6) is 0 Å². The third kappa shape index (κ3) is 2.18. The molecule has 4 rings (SSSR count). The number of nitrogens with zero attached hydrogens (tertiary/aromatic N) is 2. The summed E-state index contributed by atoms with van der Waals surface area (Å²) in [6.45, 7) is 4.31. The maximum Gasteiger partial charge on any atom is 0.317 e. The lowest BCUT2D eigenvalue weighted by atomic mass is 9.90. The zero-order chi connectivity index (χ0) is 16.9. The Hall–Kier alpha value is -2.73. The van der Waals surface area contributed by atoms with E-state index in [-0.39, 0.29) is 17.8 Å². The predicted molar refractivity (Wildman–Crippen MR) is 90.9 cm³/mol. The molecule has 0 atom stereocenters. The fourth-order valence-electron chi connectivity index (χ4n) is 3.32. The molecule has 0 radical (unpaired) electrons. The average molecular weight is 323 g/mol. The molecular formula is C18H19N4O2+. The highest BCUT2D eigenvalue weighted by Gasteiger charge is 2.33. The molecule has 1 aromatic carbocycles. The fourth-order valence-corrected chi connectivity index (χ4v) is 3.32. The minimum Gasteiger partial charge on any atom is -0.370 e. The SMILES string of the molecule is CC1(C)Cc2c(c(=O)n(-c3ccccc3)c3[nH+]cnc(N)c23)CO1. The Bertz CT molecular complexity index is 993. The van der Waals surface area contributed by atoms with E-state index >= 15 is 0 Å². The van der Waals surface area contributed by atoms with Crippen LogP contribution in [0.3, 0.4) is 0 Å². The van der Waals surface area contributed by atoms with Crippen LogP contribution in [0.2, 0.25) is 0 Å². The van der Waals surface area contributed by atoms with E-state index in [2.05, 4.69) is 9.97 Å². The van der Waals surface area contributed by atoms with Gasteiger partial charge in [0.25, 0.3) is 0 Å². The van der Waals surface area contributed by atoms with E-state index in [1.165, 1.54) is 6.33 Å². The third-order valence-electron chi connectivity index (χ3n) is 4.47. The number of nitrogen functional groups attached to an aromatic ring is 1. The Morgan fingerprint density at radius 3 is 2.75 bits per heavy atom. The number of anilines is 1. The second-order valence-electron chi connectivity index (χ2n) is 6.67. The molecule has 3 heterocycles. The lowest BCUT2D eigenvalue weighted by Crippen LogP contribution is -2.38. The first kappa shape index (κ1) is 14.8. The molecule has 0 saturated heterocycles. The van der Waals surface area contributed by atoms with E-state index < -0.39 is 0 Å². The molecule has 3 N–H and O–H groups in total. The molecule has 0 spiro atoms. The Morgan fingerprint density at radius 2 is 2.00 bits per heavy atom. The van der Waals surface area contributed by atoms with Crippen LogP contribution in [0, 0.1) is 0 Å². The highest BCUT2D eigenvalue weighted by molar-refractivity contribution is 5.88. The standard InChI is InChI=1S/C18H18N4O2/c1-18(2)8-12-13(9-24-18)17(23)22(11-6-4-3-5-7-11)16-14(12)15(19)20-10-21-16/h3-7,10H,8-9H2,1-2H3,(H2,19,20,21)/p+1. The van der Waals surface area contributed by atoms with Crippen molar-refractivity contribution in [2.45, 2.75) is 32.5 Å². The van der Waals surface area contributed by atoms with Crippen molar-refractivity contribution in [3.63, 3.8) is 0 Å². The summed E-state index contributed by atoms with van der Waals surface area (Å²) in [5.41, 5.74) is 8.78.